The third kappa shape index (κ3) is 2.44. The first-order valence-corrected chi connectivity index (χ1v) is 5.77. The summed E-state index contributed by atoms with van der Waals surface area (Å²) in [6, 6.07) is 0. The number of nitrogen functional groups attached to an aromatic ring is 1. The van der Waals surface area contributed by atoms with Crippen LogP contribution in [0.25, 0.3) is 0 Å². The van der Waals surface area contributed by atoms with Crippen molar-refractivity contribution in [3.8, 4) is 0 Å². The number of hydrogen-bond donors (Lipinski definition) is 1. The van der Waals surface area contributed by atoms with Crippen LogP contribution in [0.3, 0.4) is 0 Å². The van der Waals surface area contributed by atoms with Gasteiger partial charge in [-0.3, -0.25) is 0 Å². The molecule has 1 saturated heterocycles. The highest BCUT2D eigenvalue weighted by atomic mass is 15.5. The van der Waals surface area contributed by atoms with E-state index in [4.69, 9.17) is 5.73 Å². The Morgan fingerprint density at radius 2 is 2.00 bits per heavy atom. The summed E-state index contributed by atoms with van der Waals surface area (Å²) < 4.78 is 1.79. The highest BCUT2D eigenvalue weighted by Gasteiger charge is 2.17. The Labute approximate surface area is 96.0 Å². The maximum atomic E-state index is 5.84. The minimum atomic E-state index is 0.517. The SMILES string of the molecule is CN(C)CCn1nc(N2CCCC2)nc1N. The van der Waals surface area contributed by atoms with E-state index in [2.05, 4.69) is 19.9 Å². The van der Waals surface area contributed by atoms with Gasteiger partial charge in [0.25, 0.3) is 0 Å². The standard InChI is InChI=1S/C10H20N6/c1-14(2)7-8-16-9(11)12-10(13-16)15-5-3-4-6-15/h3-8H2,1-2H3,(H2,11,12,13). The summed E-state index contributed by atoms with van der Waals surface area (Å²) in [6.07, 6.45) is 2.46. The average molecular weight is 224 g/mol. The van der Waals surface area contributed by atoms with E-state index < -0.39 is 0 Å². The lowest BCUT2D eigenvalue weighted by Crippen LogP contribution is -2.21. The monoisotopic (exact) mass is 224 g/mol. The third-order valence-electron chi connectivity index (χ3n) is 2.84. The zero-order chi connectivity index (χ0) is 11.5. The van der Waals surface area contributed by atoms with Gasteiger partial charge in [-0.2, -0.15) is 4.98 Å². The van der Waals surface area contributed by atoms with Crippen molar-refractivity contribution in [3.05, 3.63) is 0 Å². The van der Waals surface area contributed by atoms with Gasteiger partial charge >= 0.3 is 0 Å². The Morgan fingerprint density at radius 3 is 2.62 bits per heavy atom. The molecule has 0 aromatic carbocycles. The van der Waals surface area contributed by atoms with Gasteiger partial charge in [-0.15, -0.1) is 5.10 Å². The van der Waals surface area contributed by atoms with Gasteiger partial charge in [-0.05, 0) is 26.9 Å². The quantitative estimate of drug-likeness (QED) is 0.781. The summed E-state index contributed by atoms with van der Waals surface area (Å²) in [4.78, 5) is 8.61. The van der Waals surface area contributed by atoms with Crippen molar-refractivity contribution in [3.63, 3.8) is 0 Å². The highest BCUT2D eigenvalue weighted by molar-refractivity contribution is 5.35. The van der Waals surface area contributed by atoms with E-state index in [-0.39, 0.29) is 0 Å². The van der Waals surface area contributed by atoms with Crippen LogP contribution in [-0.4, -0.2) is 53.4 Å². The van der Waals surface area contributed by atoms with E-state index in [0.717, 1.165) is 32.1 Å². The Balaban J connectivity index is 2.02. The Kier molecular flexibility index (Phi) is 3.28. The predicted octanol–water partition coefficient (Wildman–Crippen LogP) is 0.0221. The van der Waals surface area contributed by atoms with E-state index in [1.807, 2.05) is 14.1 Å². The topological polar surface area (TPSA) is 63.2 Å². The van der Waals surface area contributed by atoms with E-state index in [9.17, 15) is 0 Å². The van der Waals surface area contributed by atoms with Gasteiger partial charge in [0.1, 0.15) is 0 Å². The molecular weight excluding hydrogens is 204 g/mol. The lowest BCUT2D eigenvalue weighted by Gasteiger charge is -2.11. The van der Waals surface area contributed by atoms with E-state index >= 15 is 0 Å². The van der Waals surface area contributed by atoms with Gasteiger partial charge in [-0.1, -0.05) is 0 Å². The minimum absolute atomic E-state index is 0.517. The van der Waals surface area contributed by atoms with Crippen molar-refractivity contribution in [2.45, 2.75) is 19.4 Å². The molecule has 0 unspecified atom stereocenters. The molecule has 2 heterocycles. The molecule has 0 saturated carbocycles. The summed E-state index contributed by atoms with van der Waals surface area (Å²) in [5, 5.41) is 4.44. The molecule has 2 rings (SSSR count). The zero-order valence-corrected chi connectivity index (χ0v) is 10.1. The minimum Gasteiger partial charge on any atom is -0.368 e. The van der Waals surface area contributed by atoms with Crippen molar-refractivity contribution < 1.29 is 0 Å². The number of rotatable bonds is 4. The number of hydrogen-bond acceptors (Lipinski definition) is 5. The molecule has 1 aliphatic rings. The predicted molar refractivity (Wildman–Crippen MR) is 64.4 cm³/mol. The van der Waals surface area contributed by atoms with Crippen molar-refractivity contribution in [2.75, 3.05) is 44.4 Å². The van der Waals surface area contributed by atoms with Gasteiger partial charge in [-0.25, -0.2) is 4.68 Å². The summed E-state index contributed by atoms with van der Waals surface area (Å²) >= 11 is 0. The van der Waals surface area contributed by atoms with Crippen LogP contribution in [0.4, 0.5) is 11.9 Å². The smallest absolute Gasteiger partial charge is 0.246 e. The molecule has 0 spiro atoms. The molecule has 16 heavy (non-hydrogen) atoms. The largest absolute Gasteiger partial charge is 0.368 e. The zero-order valence-electron chi connectivity index (χ0n) is 10.1. The summed E-state index contributed by atoms with van der Waals surface area (Å²) in [6.45, 7) is 3.82. The fourth-order valence-electron chi connectivity index (χ4n) is 1.85. The van der Waals surface area contributed by atoms with E-state index in [1.165, 1.54) is 12.8 Å². The molecule has 1 aromatic heterocycles. The first-order chi connectivity index (χ1) is 7.66. The molecule has 6 nitrogen and oxygen atoms in total. The van der Waals surface area contributed by atoms with Crippen LogP contribution >= 0.6 is 0 Å². The lowest BCUT2D eigenvalue weighted by atomic mass is 10.4. The molecule has 1 fully saturated rings. The van der Waals surface area contributed by atoms with Crippen LogP contribution < -0.4 is 10.6 Å². The van der Waals surface area contributed by atoms with Crippen LogP contribution in [0.15, 0.2) is 0 Å². The van der Waals surface area contributed by atoms with Gasteiger partial charge in [0.05, 0.1) is 6.54 Å². The average Bonchev–Trinajstić information content (AvgIpc) is 2.83. The second-order valence-corrected chi connectivity index (χ2v) is 4.49. The molecular formula is C10H20N6. The molecule has 0 amide bonds. The van der Waals surface area contributed by atoms with Crippen molar-refractivity contribution >= 4 is 11.9 Å². The van der Waals surface area contributed by atoms with Gasteiger partial charge < -0.3 is 15.5 Å². The number of likely N-dealkylation sites (N-methyl/N-ethyl adjacent to an activating group) is 1. The molecule has 0 aliphatic carbocycles. The summed E-state index contributed by atoms with van der Waals surface area (Å²) in [7, 11) is 4.07. The molecule has 0 radical (unpaired) electrons. The van der Waals surface area contributed by atoms with Crippen molar-refractivity contribution in [1.82, 2.24) is 19.7 Å². The lowest BCUT2D eigenvalue weighted by molar-refractivity contribution is 0.375. The first-order valence-electron chi connectivity index (χ1n) is 5.77. The van der Waals surface area contributed by atoms with Crippen molar-refractivity contribution in [1.29, 1.82) is 0 Å². The second kappa shape index (κ2) is 4.69. The molecule has 2 N–H and O–H groups in total. The van der Waals surface area contributed by atoms with Crippen LogP contribution in [0.2, 0.25) is 0 Å². The van der Waals surface area contributed by atoms with Crippen LogP contribution in [0.1, 0.15) is 12.8 Å². The fourth-order valence-corrected chi connectivity index (χ4v) is 1.85. The summed E-state index contributed by atoms with van der Waals surface area (Å²) in [5.74, 6) is 1.30. The second-order valence-electron chi connectivity index (χ2n) is 4.49. The maximum absolute atomic E-state index is 5.84. The van der Waals surface area contributed by atoms with Crippen molar-refractivity contribution in [2.24, 2.45) is 0 Å². The number of nitrogens with two attached hydrogens (primary N) is 1. The maximum Gasteiger partial charge on any atom is 0.246 e. The summed E-state index contributed by atoms with van der Waals surface area (Å²) in [5.41, 5.74) is 5.84. The Morgan fingerprint density at radius 1 is 1.31 bits per heavy atom. The number of anilines is 2. The van der Waals surface area contributed by atoms with Crippen LogP contribution in [0, 0.1) is 0 Å². The number of aromatic nitrogens is 3. The molecule has 1 aromatic rings. The normalized spacial score (nSPS) is 16.3. The van der Waals surface area contributed by atoms with E-state index in [0.29, 0.717) is 5.95 Å². The van der Waals surface area contributed by atoms with Gasteiger partial charge in [0.2, 0.25) is 11.9 Å². The fraction of sp³-hybridized carbons (Fsp3) is 0.800. The third-order valence-corrected chi connectivity index (χ3v) is 2.84. The molecule has 0 atom stereocenters. The Bertz CT molecular complexity index is 339. The molecule has 1 aliphatic heterocycles. The number of nitrogens with zero attached hydrogens (tertiary/aromatic N) is 5. The molecule has 90 valence electrons. The Hall–Kier alpha value is -1.30. The van der Waals surface area contributed by atoms with Gasteiger partial charge in [0.15, 0.2) is 0 Å². The van der Waals surface area contributed by atoms with Crippen LogP contribution in [-0.2, 0) is 6.54 Å². The first kappa shape index (κ1) is 11.2. The van der Waals surface area contributed by atoms with E-state index in [1.54, 1.807) is 4.68 Å². The highest BCUT2D eigenvalue weighted by Crippen LogP contribution is 2.16. The van der Waals surface area contributed by atoms with Crippen LogP contribution in [0.5, 0.6) is 0 Å². The molecule has 6 heteroatoms. The molecule has 0 bridgehead atoms. The van der Waals surface area contributed by atoms with Gasteiger partial charge in [0, 0.05) is 19.6 Å².